The molecule has 10 nitrogen and oxygen atoms in total. The van der Waals surface area contributed by atoms with E-state index in [1.807, 2.05) is 44.1 Å². The SMILES string of the molecule is Cc1nn(C)c(C)c1Cn1nc(C)c(NC(=O)c2cnn(CC(=O)O)c2)c1C. The first kappa shape index (κ1) is 19.3. The summed E-state index contributed by atoms with van der Waals surface area (Å²) in [6.07, 6.45) is 2.75. The van der Waals surface area contributed by atoms with E-state index in [1.165, 1.54) is 17.1 Å². The summed E-state index contributed by atoms with van der Waals surface area (Å²) in [5, 5.41) is 24.5. The second-order valence-corrected chi connectivity index (χ2v) is 6.75. The van der Waals surface area contributed by atoms with E-state index in [1.54, 1.807) is 0 Å². The Labute approximate surface area is 161 Å². The molecule has 3 heterocycles. The van der Waals surface area contributed by atoms with Crippen molar-refractivity contribution in [3.05, 3.63) is 46.3 Å². The minimum absolute atomic E-state index is 0.284. The van der Waals surface area contributed by atoms with Gasteiger partial charge >= 0.3 is 5.97 Å². The van der Waals surface area contributed by atoms with Crippen LogP contribution in [0.25, 0.3) is 0 Å². The van der Waals surface area contributed by atoms with Crippen LogP contribution >= 0.6 is 0 Å². The van der Waals surface area contributed by atoms with Gasteiger partial charge in [0.15, 0.2) is 0 Å². The second kappa shape index (κ2) is 7.29. The van der Waals surface area contributed by atoms with E-state index in [0.29, 0.717) is 17.9 Å². The van der Waals surface area contributed by atoms with E-state index in [-0.39, 0.29) is 18.0 Å². The number of nitrogens with zero attached hydrogens (tertiary/aromatic N) is 6. The number of carbonyl (C=O) groups excluding carboxylic acids is 1. The molecule has 148 valence electrons. The fraction of sp³-hybridized carbons (Fsp3) is 0.389. The molecule has 28 heavy (non-hydrogen) atoms. The van der Waals surface area contributed by atoms with Gasteiger partial charge in [0.25, 0.3) is 5.91 Å². The van der Waals surface area contributed by atoms with Crippen molar-refractivity contribution in [3.63, 3.8) is 0 Å². The number of hydrogen-bond donors (Lipinski definition) is 2. The fourth-order valence-electron chi connectivity index (χ4n) is 3.12. The molecule has 0 radical (unpaired) electrons. The van der Waals surface area contributed by atoms with Gasteiger partial charge in [-0.25, -0.2) is 0 Å². The standard InChI is InChI=1S/C18H23N7O3/c1-10-15(12(3)23(5)21-10)8-25-13(4)17(11(2)22-25)20-18(28)14-6-19-24(7-14)9-16(26)27/h6-7H,8-9H2,1-5H3,(H,20,28)(H,26,27). The summed E-state index contributed by atoms with van der Waals surface area (Å²) >= 11 is 0. The first-order chi connectivity index (χ1) is 13.2. The maximum atomic E-state index is 12.5. The van der Waals surface area contributed by atoms with Crippen LogP contribution in [0, 0.1) is 27.7 Å². The fourth-order valence-corrected chi connectivity index (χ4v) is 3.12. The van der Waals surface area contributed by atoms with Crippen molar-refractivity contribution < 1.29 is 14.7 Å². The number of nitrogens with one attached hydrogen (secondary N) is 1. The van der Waals surface area contributed by atoms with Gasteiger partial charge in [-0.15, -0.1) is 0 Å². The molecular weight excluding hydrogens is 362 g/mol. The van der Waals surface area contributed by atoms with E-state index in [0.717, 1.165) is 22.6 Å². The largest absolute Gasteiger partial charge is 0.480 e. The van der Waals surface area contributed by atoms with Gasteiger partial charge in [-0.2, -0.15) is 15.3 Å². The molecule has 1 amide bonds. The predicted molar refractivity (Wildman–Crippen MR) is 101 cm³/mol. The molecular formula is C18H23N7O3. The smallest absolute Gasteiger partial charge is 0.325 e. The van der Waals surface area contributed by atoms with E-state index >= 15 is 0 Å². The zero-order chi connectivity index (χ0) is 20.6. The molecule has 0 fully saturated rings. The minimum atomic E-state index is -1.02. The quantitative estimate of drug-likeness (QED) is 0.662. The van der Waals surface area contributed by atoms with Gasteiger partial charge in [0, 0.05) is 24.5 Å². The number of rotatable bonds is 6. The molecule has 3 rings (SSSR count). The summed E-state index contributed by atoms with van der Waals surface area (Å²) in [6, 6.07) is 0. The summed E-state index contributed by atoms with van der Waals surface area (Å²) in [7, 11) is 1.91. The van der Waals surface area contributed by atoms with Crippen LogP contribution in [0.15, 0.2) is 12.4 Å². The number of aryl methyl sites for hydroxylation is 3. The number of amides is 1. The van der Waals surface area contributed by atoms with Gasteiger partial charge in [-0.05, 0) is 27.7 Å². The minimum Gasteiger partial charge on any atom is -0.480 e. The Bertz CT molecular complexity index is 1060. The molecule has 0 aromatic carbocycles. The molecule has 0 saturated heterocycles. The summed E-state index contributed by atoms with van der Waals surface area (Å²) < 4.78 is 4.89. The van der Waals surface area contributed by atoms with Crippen molar-refractivity contribution in [1.29, 1.82) is 0 Å². The highest BCUT2D eigenvalue weighted by molar-refractivity contribution is 6.04. The lowest BCUT2D eigenvalue weighted by Gasteiger charge is -2.07. The van der Waals surface area contributed by atoms with Crippen molar-refractivity contribution in [3.8, 4) is 0 Å². The molecule has 0 unspecified atom stereocenters. The summed E-state index contributed by atoms with van der Waals surface area (Å²) in [6.45, 7) is 7.96. The van der Waals surface area contributed by atoms with Crippen LogP contribution < -0.4 is 5.32 Å². The first-order valence-corrected chi connectivity index (χ1v) is 8.76. The average Bonchev–Trinajstić information content (AvgIpc) is 3.24. The predicted octanol–water partition coefficient (Wildman–Crippen LogP) is 1.43. The molecule has 0 bridgehead atoms. The van der Waals surface area contributed by atoms with Crippen LogP contribution in [0.3, 0.4) is 0 Å². The molecule has 0 atom stereocenters. The third-order valence-corrected chi connectivity index (χ3v) is 4.78. The van der Waals surface area contributed by atoms with Gasteiger partial charge in [0.05, 0.1) is 41.1 Å². The molecule has 0 aliphatic rings. The number of aliphatic carboxylic acids is 1. The number of aromatic nitrogens is 6. The Morgan fingerprint density at radius 1 is 1.11 bits per heavy atom. The van der Waals surface area contributed by atoms with Crippen LogP contribution in [0.1, 0.15) is 38.7 Å². The second-order valence-electron chi connectivity index (χ2n) is 6.75. The lowest BCUT2D eigenvalue weighted by atomic mass is 10.2. The molecule has 2 N–H and O–H groups in total. The van der Waals surface area contributed by atoms with Crippen LogP contribution in [-0.2, 0) is 24.9 Å². The summed E-state index contributed by atoms with van der Waals surface area (Å²) in [5.41, 5.74) is 5.56. The van der Waals surface area contributed by atoms with E-state index in [4.69, 9.17) is 5.11 Å². The van der Waals surface area contributed by atoms with Crippen LogP contribution in [0.4, 0.5) is 5.69 Å². The van der Waals surface area contributed by atoms with Crippen LogP contribution in [-0.4, -0.2) is 46.3 Å². The Morgan fingerprint density at radius 2 is 1.82 bits per heavy atom. The number of carbonyl (C=O) groups is 2. The molecule has 3 aromatic rings. The van der Waals surface area contributed by atoms with Crippen LogP contribution in [0.2, 0.25) is 0 Å². The molecule has 0 aliphatic carbocycles. The van der Waals surface area contributed by atoms with E-state index in [9.17, 15) is 9.59 Å². The Kier molecular flexibility index (Phi) is 5.04. The van der Waals surface area contributed by atoms with Crippen molar-refractivity contribution in [1.82, 2.24) is 29.3 Å². The molecule has 10 heteroatoms. The lowest BCUT2D eigenvalue weighted by molar-refractivity contribution is -0.137. The molecule has 0 saturated carbocycles. The van der Waals surface area contributed by atoms with E-state index in [2.05, 4.69) is 20.6 Å². The zero-order valence-corrected chi connectivity index (χ0v) is 16.5. The van der Waals surface area contributed by atoms with E-state index < -0.39 is 5.97 Å². The number of carboxylic acid groups (broad SMARTS) is 1. The van der Waals surface area contributed by atoms with Gasteiger partial charge < -0.3 is 10.4 Å². The monoisotopic (exact) mass is 385 g/mol. The maximum Gasteiger partial charge on any atom is 0.325 e. The van der Waals surface area contributed by atoms with Gasteiger partial charge in [-0.3, -0.25) is 23.6 Å². The highest BCUT2D eigenvalue weighted by Crippen LogP contribution is 2.23. The Balaban J connectivity index is 1.81. The number of anilines is 1. The zero-order valence-electron chi connectivity index (χ0n) is 16.5. The van der Waals surface area contributed by atoms with Crippen LogP contribution in [0.5, 0.6) is 0 Å². The topological polar surface area (TPSA) is 120 Å². The third kappa shape index (κ3) is 3.66. The maximum absolute atomic E-state index is 12.5. The highest BCUT2D eigenvalue weighted by atomic mass is 16.4. The first-order valence-electron chi connectivity index (χ1n) is 8.76. The summed E-state index contributed by atoms with van der Waals surface area (Å²) in [5.74, 6) is -1.39. The third-order valence-electron chi connectivity index (χ3n) is 4.78. The normalized spacial score (nSPS) is 11.0. The van der Waals surface area contributed by atoms with Gasteiger partial charge in [0.2, 0.25) is 0 Å². The highest BCUT2D eigenvalue weighted by Gasteiger charge is 2.18. The number of hydrogen-bond acceptors (Lipinski definition) is 5. The van der Waals surface area contributed by atoms with Gasteiger partial charge in [0.1, 0.15) is 6.54 Å². The molecule has 0 spiro atoms. The Morgan fingerprint density at radius 3 is 2.43 bits per heavy atom. The van der Waals surface area contributed by atoms with Crippen molar-refractivity contribution in [2.45, 2.75) is 40.8 Å². The summed E-state index contributed by atoms with van der Waals surface area (Å²) in [4.78, 5) is 23.3. The number of carboxylic acids is 1. The van der Waals surface area contributed by atoms with Crippen molar-refractivity contribution in [2.24, 2.45) is 7.05 Å². The van der Waals surface area contributed by atoms with Gasteiger partial charge in [-0.1, -0.05) is 0 Å². The van der Waals surface area contributed by atoms with Crippen molar-refractivity contribution in [2.75, 3.05) is 5.32 Å². The molecule has 0 aliphatic heterocycles. The Hall–Kier alpha value is -3.43. The molecule has 3 aromatic heterocycles. The van der Waals surface area contributed by atoms with Crippen molar-refractivity contribution >= 4 is 17.6 Å². The lowest BCUT2D eigenvalue weighted by Crippen LogP contribution is -2.13. The average molecular weight is 385 g/mol.